The van der Waals surface area contributed by atoms with E-state index in [1.165, 1.54) is 17.3 Å². The van der Waals surface area contributed by atoms with E-state index in [2.05, 4.69) is 56.9 Å². The van der Waals surface area contributed by atoms with Gasteiger partial charge < -0.3 is 0 Å². The van der Waals surface area contributed by atoms with Gasteiger partial charge in [-0.05, 0) is 12.0 Å². The van der Waals surface area contributed by atoms with E-state index in [0.29, 0.717) is 5.92 Å². The van der Waals surface area contributed by atoms with Crippen LogP contribution in [0.4, 0.5) is 0 Å². The molecule has 0 saturated carbocycles. The van der Waals surface area contributed by atoms with Gasteiger partial charge in [0.1, 0.15) is 0 Å². The molecule has 1 aromatic carbocycles. The highest BCUT2D eigenvalue weighted by atomic mass is 79.9. The first-order chi connectivity index (χ1) is 7.35. The van der Waals surface area contributed by atoms with Gasteiger partial charge in [0.25, 0.3) is 0 Å². The second-order valence-electron chi connectivity index (χ2n) is 3.81. The Labute approximate surface area is 98.4 Å². The van der Waals surface area contributed by atoms with Gasteiger partial charge in [-0.1, -0.05) is 47.5 Å². The first-order valence-corrected chi connectivity index (χ1v) is 6.43. The minimum Gasteiger partial charge on any atom is -0.265 e. The number of rotatable bonds is 4. The highest BCUT2D eigenvalue weighted by Gasteiger charge is 2.08. The average molecular weight is 267 g/mol. The monoisotopic (exact) mass is 266 g/mol. The van der Waals surface area contributed by atoms with Crippen molar-refractivity contribution in [3.8, 4) is 0 Å². The van der Waals surface area contributed by atoms with Crippen molar-refractivity contribution in [1.29, 1.82) is 0 Å². The zero-order chi connectivity index (χ0) is 10.7. The average Bonchev–Trinajstić information content (AvgIpc) is 2.69. The summed E-state index contributed by atoms with van der Waals surface area (Å²) in [6.45, 7) is 3.22. The summed E-state index contributed by atoms with van der Waals surface area (Å²) in [5.41, 5.74) is 1.23. The number of hydrogen-bond donors (Lipinski definition) is 0. The molecule has 15 heavy (non-hydrogen) atoms. The lowest BCUT2D eigenvalue weighted by Gasteiger charge is -2.11. The van der Waals surface area contributed by atoms with Gasteiger partial charge in [-0.25, -0.2) is 0 Å². The molecule has 1 unspecified atom stereocenters. The van der Waals surface area contributed by atoms with Crippen LogP contribution in [0.1, 0.15) is 13.3 Å². The zero-order valence-corrected chi connectivity index (χ0v) is 10.4. The molecule has 3 heteroatoms. The number of hydrogen-bond acceptors (Lipinski definition) is 1. The summed E-state index contributed by atoms with van der Waals surface area (Å²) in [7, 11) is 0. The predicted molar refractivity (Wildman–Crippen MR) is 67.3 cm³/mol. The van der Waals surface area contributed by atoms with Gasteiger partial charge in [-0.3, -0.25) is 4.68 Å². The number of alkyl halides is 1. The molecule has 2 aromatic rings. The smallest absolute Gasteiger partial charge is 0.0682 e. The van der Waals surface area contributed by atoms with Crippen LogP contribution in [-0.4, -0.2) is 15.1 Å². The molecule has 1 aromatic heterocycles. The molecular formula is C12H15BrN2. The summed E-state index contributed by atoms with van der Waals surface area (Å²) in [6.07, 6.45) is 3.12. The molecule has 0 saturated heterocycles. The minimum atomic E-state index is 0.660. The molecule has 0 aliphatic carbocycles. The highest BCUT2D eigenvalue weighted by molar-refractivity contribution is 9.09. The highest BCUT2D eigenvalue weighted by Crippen LogP contribution is 2.16. The van der Waals surface area contributed by atoms with Gasteiger partial charge in [-0.15, -0.1) is 0 Å². The summed E-state index contributed by atoms with van der Waals surface area (Å²) in [5.74, 6) is 0.660. The second-order valence-corrected chi connectivity index (χ2v) is 4.46. The lowest BCUT2D eigenvalue weighted by molar-refractivity contribution is 0.457. The van der Waals surface area contributed by atoms with Gasteiger partial charge in [-0.2, -0.15) is 5.10 Å². The van der Waals surface area contributed by atoms with Crippen molar-refractivity contribution >= 4 is 26.8 Å². The Bertz CT molecular complexity index is 432. The van der Waals surface area contributed by atoms with E-state index in [1.54, 1.807) is 0 Å². The van der Waals surface area contributed by atoms with Crippen LogP contribution in [0.25, 0.3) is 10.9 Å². The fourth-order valence-electron chi connectivity index (χ4n) is 1.70. The third-order valence-electron chi connectivity index (χ3n) is 2.78. The van der Waals surface area contributed by atoms with Gasteiger partial charge in [0.15, 0.2) is 0 Å². The van der Waals surface area contributed by atoms with Crippen molar-refractivity contribution in [2.75, 3.05) is 5.33 Å². The number of benzene rings is 1. The van der Waals surface area contributed by atoms with Crippen LogP contribution >= 0.6 is 15.9 Å². The van der Waals surface area contributed by atoms with Crippen LogP contribution in [0.5, 0.6) is 0 Å². The molecule has 0 fully saturated rings. The lowest BCUT2D eigenvalue weighted by atomic mass is 10.1. The third-order valence-corrected chi connectivity index (χ3v) is 3.69. The first kappa shape index (κ1) is 10.7. The predicted octanol–water partition coefficient (Wildman–Crippen LogP) is 3.46. The summed E-state index contributed by atoms with van der Waals surface area (Å²) < 4.78 is 2.10. The number of halogens is 1. The maximum absolute atomic E-state index is 4.43. The maximum atomic E-state index is 4.43. The van der Waals surface area contributed by atoms with Gasteiger partial charge in [0.05, 0.1) is 11.7 Å². The van der Waals surface area contributed by atoms with Crippen LogP contribution in [0.2, 0.25) is 0 Å². The maximum Gasteiger partial charge on any atom is 0.0682 e. The number of fused-ring (bicyclic) bond motifs is 1. The standard InChI is InChI=1S/C12H15BrN2/c1-2-10(7-13)9-15-12-6-4-3-5-11(12)8-14-15/h3-6,8,10H,2,7,9H2,1H3. The van der Waals surface area contributed by atoms with Crippen LogP contribution in [-0.2, 0) is 6.54 Å². The Hall–Kier alpha value is -0.830. The topological polar surface area (TPSA) is 17.8 Å². The van der Waals surface area contributed by atoms with E-state index >= 15 is 0 Å². The Balaban J connectivity index is 2.28. The molecule has 2 nitrogen and oxygen atoms in total. The van der Waals surface area contributed by atoms with Gasteiger partial charge in [0.2, 0.25) is 0 Å². The number of nitrogens with zero attached hydrogens (tertiary/aromatic N) is 2. The van der Waals surface area contributed by atoms with E-state index in [1.807, 2.05) is 6.20 Å². The molecule has 0 radical (unpaired) electrons. The van der Waals surface area contributed by atoms with Crippen LogP contribution in [0.3, 0.4) is 0 Å². The summed E-state index contributed by atoms with van der Waals surface area (Å²) in [6, 6.07) is 8.35. The molecule has 1 atom stereocenters. The normalized spacial score (nSPS) is 13.2. The van der Waals surface area contributed by atoms with Crippen molar-refractivity contribution in [3.63, 3.8) is 0 Å². The molecular weight excluding hydrogens is 252 g/mol. The van der Waals surface area contributed by atoms with Crippen LogP contribution < -0.4 is 0 Å². The van der Waals surface area contributed by atoms with E-state index in [-0.39, 0.29) is 0 Å². The molecule has 0 N–H and O–H groups in total. The molecule has 1 heterocycles. The van der Waals surface area contributed by atoms with Crippen molar-refractivity contribution in [2.45, 2.75) is 19.9 Å². The Morgan fingerprint density at radius 2 is 2.20 bits per heavy atom. The van der Waals surface area contributed by atoms with E-state index < -0.39 is 0 Å². The second kappa shape index (κ2) is 4.79. The summed E-state index contributed by atoms with van der Waals surface area (Å²) in [5, 5.41) is 6.69. The molecule has 2 rings (SSSR count). The Kier molecular flexibility index (Phi) is 3.41. The van der Waals surface area contributed by atoms with Gasteiger partial charge >= 0.3 is 0 Å². The van der Waals surface area contributed by atoms with Crippen molar-refractivity contribution in [1.82, 2.24) is 9.78 Å². The molecule has 0 amide bonds. The van der Waals surface area contributed by atoms with Crippen molar-refractivity contribution in [2.24, 2.45) is 5.92 Å². The zero-order valence-electron chi connectivity index (χ0n) is 8.86. The number of para-hydroxylation sites is 1. The summed E-state index contributed by atoms with van der Waals surface area (Å²) >= 11 is 3.54. The third kappa shape index (κ3) is 2.23. The largest absolute Gasteiger partial charge is 0.265 e. The molecule has 0 bridgehead atoms. The Morgan fingerprint density at radius 3 is 2.93 bits per heavy atom. The van der Waals surface area contributed by atoms with Gasteiger partial charge in [0, 0.05) is 17.3 Å². The number of aromatic nitrogens is 2. The van der Waals surface area contributed by atoms with Crippen molar-refractivity contribution < 1.29 is 0 Å². The van der Waals surface area contributed by atoms with Crippen LogP contribution in [0, 0.1) is 5.92 Å². The van der Waals surface area contributed by atoms with E-state index in [9.17, 15) is 0 Å². The molecule has 0 spiro atoms. The minimum absolute atomic E-state index is 0.660. The quantitative estimate of drug-likeness (QED) is 0.776. The van der Waals surface area contributed by atoms with Crippen LogP contribution in [0.15, 0.2) is 30.5 Å². The SMILES string of the molecule is CCC(CBr)Cn1ncc2ccccc21. The fourth-order valence-corrected chi connectivity index (χ4v) is 2.37. The lowest BCUT2D eigenvalue weighted by Crippen LogP contribution is -2.12. The molecule has 0 aliphatic heterocycles. The molecule has 80 valence electrons. The summed E-state index contributed by atoms with van der Waals surface area (Å²) in [4.78, 5) is 0. The first-order valence-electron chi connectivity index (χ1n) is 5.31. The van der Waals surface area contributed by atoms with E-state index in [0.717, 1.165) is 11.9 Å². The van der Waals surface area contributed by atoms with E-state index in [4.69, 9.17) is 0 Å². The fraction of sp³-hybridized carbons (Fsp3) is 0.417. The molecule has 0 aliphatic rings. The van der Waals surface area contributed by atoms with Crippen molar-refractivity contribution in [3.05, 3.63) is 30.5 Å². The Morgan fingerprint density at radius 1 is 1.40 bits per heavy atom.